The van der Waals surface area contributed by atoms with Gasteiger partial charge in [0, 0.05) is 24.7 Å². The number of phenols is 1. The van der Waals surface area contributed by atoms with Crippen LogP contribution in [-0.4, -0.2) is 54.7 Å². The Morgan fingerprint density at radius 1 is 1.40 bits per heavy atom. The molecule has 6 nitrogen and oxygen atoms in total. The van der Waals surface area contributed by atoms with E-state index >= 15 is 0 Å². The Morgan fingerprint density at radius 3 is 2.75 bits per heavy atom. The minimum absolute atomic E-state index is 0.00344. The lowest BCUT2D eigenvalue weighted by Crippen LogP contribution is -2.37. The SMILES string of the molecule is COC(=O)NC1CCN(CC(=O)c2ccc(O)cc2)C1. The summed E-state index contributed by atoms with van der Waals surface area (Å²) in [5.74, 6) is 0.147. The highest BCUT2D eigenvalue weighted by Crippen LogP contribution is 2.13. The normalized spacial score (nSPS) is 18.8. The molecule has 1 aromatic rings. The van der Waals surface area contributed by atoms with Crippen molar-refractivity contribution >= 4 is 11.9 Å². The van der Waals surface area contributed by atoms with Crippen molar-refractivity contribution in [3.05, 3.63) is 29.8 Å². The number of carbonyl (C=O) groups is 2. The summed E-state index contributed by atoms with van der Waals surface area (Å²) < 4.78 is 4.55. The van der Waals surface area contributed by atoms with E-state index in [1.165, 1.54) is 19.2 Å². The largest absolute Gasteiger partial charge is 0.508 e. The van der Waals surface area contributed by atoms with E-state index in [0.717, 1.165) is 13.0 Å². The number of methoxy groups -OCH3 is 1. The number of hydrogen-bond acceptors (Lipinski definition) is 5. The number of amides is 1. The van der Waals surface area contributed by atoms with E-state index in [9.17, 15) is 14.7 Å². The molecule has 1 atom stereocenters. The summed E-state index contributed by atoms with van der Waals surface area (Å²) >= 11 is 0. The van der Waals surface area contributed by atoms with E-state index in [-0.39, 0.29) is 17.6 Å². The highest BCUT2D eigenvalue weighted by molar-refractivity contribution is 5.97. The summed E-state index contributed by atoms with van der Waals surface area (Å²) in [7, 11) is 1.33. The third-order valence-corrected chi connectivity index (χ3v) is 3.34. The number of rotatable bonds is 4. The van der Waals surface area contributed by atoms with Crippen molar-refractivity contribution in [3.8, 4) is 5.75 Å². The highest BCUT2D eigenvalue weighted by atomic mass is 16.5. The Balaban J connectivity index is 1.84. The van der Waals surface area contributed by atoms with Gasteiger partial charge in [-0.2, -0.15) is 0 Å². The van der Waals surface area contributed by atoms with E-state index in [4.69, 9.17) is 0 Å². The van der Waals surface area contributed by atoms with Gasteiger partial charge in [-0.15, -0.1) is 0 Å². The van der Waals surface area contributed by atoms with Crippen molar-refractivity contribution in [2.24, 2.45) is 0 Å². The van der Waals surface area contributed by atoms with Crippen LogP contribution in [0.15, 0.2) is 24.3 Å². The lowest BCUT2D eigenvalue weighted by Gasteiger charge is -2.15. The standard InChI is InChI=1S/C14H18N2O4/c1-20-14(19)15-11-6-7-16(8-11)9-13(18)10-2-4-12(17)5-3-10/h2-5,11,17H,6-9H2,1H3,(H,15,19). The smallest absolute Gasteiger partial charge is 0.407 e. The molecular weight excluding hydrogens is 260 g/mol. The molecule has 2 rings (SSSR count). The number of nitrogens with zero attached hydrogens (tertiary/aromatic N) is 1. The number of phenolic OH excluding ortho intramolecular Hbond substituents is 1. The van der Waals surface area contributed by atoms with Gasteiger partial charge in [0.1, 0.15) is 5.75 Å². The number of alkyl carbamates (subject to hydrolysis) is 1. The number of carbonyl (C=O) groups excluding carboxylic acids is 2. The lowest BCUT2D eigenvalue weighted by molar-refractivity contribution is 0.0944. The first kappa shape index (κ1) is 14.3. The van der Waals surface area contributed by atoms with Gasteiger partial charge in [0.15, 0.2) is 5.78 Å². The molecule has 0 bridgehead atoms. The van der Waals surface area contributed by atoms with Crippen LogP contribution >= 0.6 is 0 Å². The number of aromatic hydroxyl groups is 1. The van der Waals surface area contributed by atoms with Crippen LogP contribution < -0.4 is 5.32 Å². The molecule has 2 N–H and O–H groups in total. The fourth-order valence-corrected chi connectivity index (χ4v) is 2.26. The van der Waals surface area contributed by atoms with E-state index in [1.54, 1.807) is 12.1 Å². The molecule has 0 spiro atoms. The average molecular weight is 278 g/mol. The molecule has 1 saturated heterocycles. The lowest BCUT2D eigenvalue weighted by atomic mass is 10.1. The van der Waals surface area contributed by atoms with Gasteiger partial charge in [-0.1, -0.05) is 0 Å². The quantitative estimate of drug-likeness (QED) is 0.803. The van der Waals surface area contributed by atoms with Crippen molar-refractivity contribution in [1.29, 1.82) is 0 Å². The Hall–Kier alpha value is -2.08. The maximum absolute atomic E-state index is 12.1. The van der Waals surface area contributed by atoms with E-state index < -0.39 is 6.09 Å². The van der Waals surface area contributed by atoms with Gasteiger partial charge in [-0.3, -0.25) is 9.69 Å². The summed E-state index contributed by atoms with van der Waals surface area (Å²) in [6.45, 7) is 1.71. The van der Waals surface area contributed by atoms with Crippen LogP contribution in [0.5, 0.6) is 5.75 Å². The summed E-state index contributed by atoms with van der Waals surface area (Å²) in [4.78, 5) is 25.2. The predicted molar refractivity (Wildman–Crippen MR) is 72.8 cm³/mol. The van der Waals surface area contributed by atoms with Crippen LogP contribution in [0.2, 0.25) is 0 Å². The second kappa shape index (κ2) is 6.38. The first-order valence-electron chi connectivity index (χ1n) is 6.47. The zero-order chi connectivity index (χ0) is 14.5. The first-order valence-corrected chi connectivity index (χ1v) is 6.47. The van der Waals surface area contributed by atoms with Gasteiger partial charge in [-0.05, 0) is 30.7 Å². The van der Waals surface area contributed by atoms with Crippen LogP contribution in [0.1, 0.15) is 16.8 Å². The van der Waals surface area contributed by atoms with Crippen LogP contribution in [-0.2, 0) is 4.74 Å². The number of ketones is 1. The molecule has 0 radical (unpaired) electrons. The Bertz CT molecular complexity index is 486. The number of hydrogen-bond donors (Lipinski definition) is 2. The third kappa shape index (κ3) is 3.71. The number of likely N-dealkylation sites (tertiary alicyclic amines) is 1. The predicted octanol–water partition coefficient (Wildman–Crippen LogP) is 1.01. The van der Waals surface area contributed by atoms with Gasteiger partial charge in [-0.25, -0.2) is 4.79 Å². The second-order valence-electron chi connectivity index (χ2n) is 4.83. The zero-order valence-corrected chi connectivity index (χ0v) is 11.3. The van der Waals surface area contributed by atoms with E-state index in [2.05, 4.69) is 10.1 Å². The molecule has 1 heterocycles. The van der Waals surface area contributed by atoms with Crippen molar-refractivity contribution in [1.82, 2.24) is 10.2 Å². The average Bonchev–Trinajstić information content (AvgIpc) is 2.86. The minimum atomic E-state index is -0.443. The Labute approximate surface area is 117 Å². The van der Waals surface area contributed by atoms with Crippen molar-refractivity contribution in [2.75, 3.05) is 26.7 Å². The number of ether oxygens (including phenoxy) is 1. The van der Waals surface area contributed by atoms with Crippen LogP contribution in [0.25, 0.3) is 0 Å². The molecule has 1 aliphatic rings. The molecule has 1 aromatic carbocycles. The zero-order valence-electron chi connectivity index (χ0n) is 11.3. The number of Topliss-reactive ketones (excluding diaryl/α,β-unsaturated/α-hetero) is 1. The van der Waals surface area contributed by atoms with Crippen molar-refractivity contribution in [2.45, 2.75) is 12.5 Å². The maximum atomic E-state index is 12.1. The second-order valence-corrected chi connectivity index (χ2v) is 4.83. The summed E-state index contributed by atoms with van der Waals surface area (Å²) in [5, 5.41) is 11.9. The molecule has 0 aromatic heterocycles. The van der Waals surface area contributed by atoms with E-state index in [0.29, 0.717) is 18.7 Å². The molecule has 1 fully saturated rings. The van der Waals surface area contributed by atoms with Crippen molar-refractivity contribution in [3.63, 3.8) is 0 Å². The first-order chi connectivity index (χ1) is 9.58. The number of benzene rings is 1. The van der Waals surface area contributed by atoms with E-state index in [1.807, 2.05) is 4.90 Å². The molecule has 1 amide bonds. The Morgan fingerprint density at radius 2 is 2.10 bits per heavy atom. The molecule has 20 heavy (non-hydrogen) atoms. The van der Waals surface area contributed by atoms with Gasteiger partial charge in [0.2, 0.25) is 0 Å². The molecule has 0 saturated carbocycles. The molecular formula is C14H18N2O4. The summed E-state index contributed by atoms with van der Waals surface area (Å²) in [6.07, 6.45) is 0.361. The Kier molecular flexibility index (Phi) is 4.57. The maximum Gasteiger partial charge on any atom is 0.407 e. The molecule has 6 heteroatoms. The van der Waals surface area contributed by atoms with Gasteiger partial charge < -0.3 is 15.2 Å². The summed E-state index contributed by atoms with van der Waals surface area (Å²) in [6, 6.07) is 6.24. The fraction of sp³-hybridized carbons (Fsp3) is 0.429. The van der Waals surface area contributed by atoms with Crippen molar-refractivity contribution < 1.29 is 19.4 Å². The summed E-state index contributed by atoms with van der Waals surface area (Å²) in [5.41, 5.74) is 0.576. The molecule has 1 aliphatic heterocycles. The minimum Gasteiger partial charge on any atom is -0.508 e. The van der Waals surface area contributed by atoms with Gasteiger partial charge >= 0.3 is 6.09 Å². The number of nitrogens with one attached hydrogen (secondary N) is 1. The molecule has 1 unspecified atom stereocenters. The topological polar surface area (TPSA) is 78.9 Å². The molecule has 0 aliphatic carbocycles. The van der Waals surface area contributed by atoms with Gasteiger partial charge in [0.25, 0.3) is 0 Å². The third-order valence-electron chi connectivity index (χ3n) is 3.34. The van der Waals surface area contributed by atoms with Gasteiger partial charge in [0.05, 0.1) is 13.7 Å². The fourth-order valence-electron chi connectivity index (χ4n) is 2.26. The highest BCUT2D eigenvalue weighted by Gasteiger charge is 2.25. The van der Waals surface area contributed by atoms with Crippen LogP contribution in [0, 0.1) is 0 Å². The monoisotopic (exact) mass is 278 g/mol. The van der Waals surface area contributed by atoms with Crippen LogP contribution in [0.4, 0.5) is 4.79 Å². The molecule has 108 valence electrons. The van der Waals surface area contributed by atoms with Crippen LogP contribution in [0.3, 0.4) is 0 Å².